The largest absolute Gasteiger partial charge is 0.481 e. The van der Waals surface area contributed by atoms with Crippen molar-refractivity contribution in [3.05, 3.63) is 41.3 Å². The van der Waals surface area contributed by atoms with E-state index in [1.54, 1.807) is 12.3 Å². The van der Waals surface area contributed by atoms with Gasteiger partial charge in [-0.2, -0.15) is 0 Å². The van der Waals surface area contributed by atoms with Crippen LogP contribution in [0.1, 0.15) is 23.7 Å². The smallest absolute Gasteiger partial charge is 0.341 e. The number of hydrogen-bond acceptors (Lipinski definition) is 5. The number of nitrogens with zero attached hydrogens (tertiary/aromatic N) is 1. The Kier molecular flexibility index (Phi) is 6.74. The minimum absolute atomic E-state index is 0.0623. The molecule has 0 spiro atoms. The van der Waals surface area contributed by atoms with Crippen LogP contribution in [-0.2, 0) is 9.53 Å². The van der Waals surface area contributed by atoms with Crippen LogP contribution in [0.2, 0.25) is 0 Å². The fourth-order valence-corrected chi connectivity index (χ4v) is 3.19. The van der Waals surface area contributed by atoms with E-state index in [0.717, 1.165) is 5.56 Å². The first-order valence-electron chi connectivity index (χ1n) is 8.02. The molecule has 0 radical (unpaired) electrons. The summed E-state index contributed by atoms with van der Waals surface area (Å²) in [6, 6.07) is 8.85. The van der Waals surface area contributed by atoms with Crippen LogP contribution in [0.4, 0.5) is 9.80 Å². The lowest BCUT2D eigenvalue weighted by Gasteiger charge is -2.17. The second-order valence-electron chi connectivity index (χ2n) is 5.44. The number of aliphatic carboxylic acids is 1. The maximum Gasteiger partial charge on any atom is 0.341 e. The third-order valence-electron chi connectivity index (χ3n) is 3.58. The number of urea groups is 1. The minimum atomic E-state index is -0.987. The zero-order chi connectivity index (χ0) is 19.1. The number of anilines is 1. The van der Waals surface area contributed by atoms with Crippen LogP contribution in [0.5, 0.6) is 0 Å². The van der Waals surface area contributed by atoms with E-state index in [1.165, 1.54) is 23.3 Å². The maximum atomic E-state index is 12.4. The number of amides is 2. The summed E-state index contributed by atoms with van der Waals surface area (Å²) in [5, 5.41) is 13.6. The second-order valence-corrected chi connectivity index (χ2v) is 6.32. The van der Waals surface area contributed by atoms with Crippen molar-refractivity contribution in [2.75, 3.05) is 25.5 Å². The van der Waals surface area contributed by atoms with Crippen molar-refractivity contribution in [3.8, 4) is 11.1 Å². The van der Waals surface area contributed by atoms with Crippen molar-refractivity contribution in [2.24, 2.45) is 0 Å². The van der Waals surface area contributed by atoms with Crippen molar-refractivity contribution in [1.82, 2.24) is 4.90 Å². The van der Waals surface area contributed by atoms with Crippen LogP contribution < -0.4 is 5.32 Å². The molecular weight excluding hydrogens is 356 g/mol. The number of thiophene rings is 1. The van der Waals surface area contributed by atoms with E-state index in [0.29, 0.717) is 16.1 Å². The SMILES string of the molecule is CCOC(=O)c1c(-c2ccccc2)csc1NC(=O)N(C)CCC(=O)O. The zero-order valence-corrected chi connectivity index (χ0v) is 15.3. The number of carbonyl (C=O) groups excluding carboxylic acids is 2. The minimum Gasteiger partial charge on any atom is -0.481 e. The zero-order valence-electron chi connectivity index (χ0n) is 14.5. The quantitative estimate of drug-likeness (QED) is 0.721. The number of carboxylic acid groups (broad SMARTS) is 1. The van der Waals surface area contributed by atoms with E-state index in [2.05, 4.69) is 5.32 Å². The summed E-state index contributed by atoms with van der Waals surface area (Å²) in [5.74, 6) is -1.50. The number of nitrogens with one attached hydrogen (secondary N) is 1. The maximum absolute atomic E-state index is 12.4. The van der Waals surface area contributed by atoms with Gasteiger partial charge in [-0.3, -0.25) is 10.1 Å². The number of rotatable bonds is 7. The highest BCUT2D eigenvalue weighted by Crippen LogP contribution is 2.36. The van der Waals surface area contributed by atoms with Gasteiger partial charge in [-0.05, 0) is 12.5 Å². The molecule has 1 aromatic heterocycles. The van der Waals surface area contributed by atoms with E-state index in [9.17, 15) is 14.4 Å². The van der Waals surface area contributed by atoms with Gasteiger partial charge in [0.1, 0.15) is 10.6 Å². The monoisotopic (exact) mass is 376 g/mol. The van der Waals surface area contributed by atoms with Gasteiger partial charge in [0, 0.05) is 24.5 Å². The summed E-state index contributed by atoms with van der Waals surface area (Å²) in [5.41, 5.74) is 1.81. The first kappa shape index (κ1) is 19.5. The average Bonchev–Trinajstić information content (AvgIpc) is 3.04. The molecule has 2 N–H and O–H groups in total. The average molecular weight is 376 g/mol. The summed E-state index contributed by atoms with van der Waals surface area (Å²) in [4.78, 5) is 36.6. The van der Waals surface area contributed by atoms with Crippen LogP contribution in [-0.4, -0.2) is 48.2 Å². The Morgan fingerprint density at radius 2 is 1.92 bits per heavy atom. The molecule has 0 aliphatic carbocycles. The van der Waals surface area contributed by atoms with Gasteiger partial charge in [-0.1, -0.05) is 30.3 Å². The summed E-state index contributed by atoms with van der Waals surface area (Å²) in [7, 11) is 1.49. The Bertz CT molecular complexity index is 788. The van der Waals surface area contributed by atoms with Crippen LogP contribution in [0.25, 0.3) is 11.1 Å². The molecule has 1 aromatic carbocycles. The molecule has 0 fully saturated rings. The molecule has 26 heavy (non-hydrogen) atoms. The Labute approximate surface area is 155 Å². The molecule has 7 nitrogen and oxygen atoms in total. The summed E-state index contributed by atoms with van der Waals surface area (Å²) >= 11 is 1.22. The summed E-state index contributed by atoms with van der Waals surface area (Å²) in [6.07, 6.45) is -0.158. The molecule has 8 heteroatoms. The second kappa shape index (κ2) is 9.00. The van der Waals surface area contributed by atoms with Crippen LogP contribution >= 0.6 is 11.3 Å². The van der Waals surface area contributed by atoms with Gasteiger partial charge in [0.2, 0.25) is 0 Å². The lowest BCUT2D eigenvalue weighted by Crippen LogP contribution is -2.33. The molecule has 0 atom stereocenters. The molecule has 2 aromatic rings. The van der Waals surface area contributed by atoms with Gasteiger partial charge in [-0.25, -0.2) is 9.59 Å². The lowest BCUT2D eigenvalue weighted by atomic mass is 10.0. The highest BCUT2D eigenvalue weighted by molar-refractivity contribution is 7.15. The number of ether oxygens (including phenoxy) is 1. The normalized spacial score (nSPS) is 10.2. The van der Waals surface area contributed by atoms with Crippen LogP contribution in [0.3, 0.4) is 0 Å². The first-order valence-corrected chi connectivity index (χ1v) is 8.90. The number of hydrogen-bond donors (Lipinski definition) is 2. The van der Waals surface area contributed by atoms with Gasteiger partial charge in [0.15, 0.2) is 0 Å². The van der Waals surface area contributed by atoms with Crippen LogP contribution in [0.15, 0.2) is 35.7 Å². The lowest BCUT2D eigenvalue weighted by molar-refractivity contribution is -0.137. The third kappa shape index (κ3) is 4.82. The molecular formula is C18H20N2O5S. The summed E-state index contributed by atoms with van der Waals surface area (Å²) in [6.45, 7) is 1.99. The fourth-order valence-electron chi connectivity index (χ4n) is 2.24. The van der Waals surface area contributed by atoms with Gasteiger partial charge < -0.3 is 14.7 Å². The molecule has 0 saturated heterocycles. The van der Waals surface area contributed by atoms with E-state index in [-0.39, 0.29) is 19.6 Å². The molecule has 138 valence electrons. The van der Waals surface area contributed by atoms with Crippen molar-refractivity contribution in [1.29, 1.82) is 0 Å². The van der Waals surface area contributed by atoms with Crippen molar-refractivity contribution in [3.63, 3.8) is 0 Å². The molecule has 0 aliphatic rings. The molecule has 0 saturated carbocycles. The Balaban J connectivity index is 2.28. The third-order valence-corrected chi connectivity index (χ3v) is 4.48. The Morgan fingerprint density at radius 3 is 2.54 bits per heavy atom. The number of carbonyl (C=O) groups is 3. The first-order chi connectivity index (χ1) is 12.4. The highest BCUT2D eigenvalue weighted by Gasteiger charge is 2.23. The standard InChI is InChI=1S/C18H20N2O5S/c1-3-25-17(23)15-13(12-7-5-4-6-8-12)11-26-16(15)19-18(24)20(2)10-9-14(21)22/h4-8,11H,3,9-10H2,1-2H3,(H,19,24)(H,21,22). The van der Waals surface area contributed by atoms with Crippen LogP contribution in [0, 0.1) is 0 Å². The predicted molar refractivity (Wildman–Crippen MR) is 99.6 cm³/mol. The molecule has 1 heterocycles. The van der Waals surface area contributed by atoms with Crippen molar-refractivity contribution in [2.45, 2.75) is 13.3 Å². The van der Waals surface area contributed by atoms with E-state index in [4.69, 9.17) is 9.84 Å². The molecule has 0 aliphatic heterocycles. The van der Waals surface area contributed by atoms with E-state index >= 15 is 0 Å². The molecule has 0 bridgehead atoms. The van der Waals surface area contributed by atoms with Gasteiger partial charge in [0.05, 0.1) is 13.0 Å². The number of benzene rings is 1. The van der Waals surface area contributed by atoms with Gasteiger partial charge in [0.25, 0.3) is 0 Å². The summed E-state index contributed by atoms with van der Waals surface area (Å²) < 4.78 is 5.14. The molecule has 2 amide bonds. The fraction of sp³-hybridized carbons (Fsp3) is 0.278. The Hall–Kier alpha value is -2.87. The van der Waals surface area contributed by atoms with Crippen molar-refractivity contribution < 1.29 is 24.2 Å². The molecule has 0 unspecified atom stereocenters. The van der Waals surface area contributed by atoms with E-state index < -0.39 is 18.0 Å². The predicted octanol–water partition coefficient (Wildman–Crippen LogP) is 3.53. The van der Waals surface area contributed by atoms with Gasteiger partial charge >= 0.3 is 18.0 Å². The Morgan fingerprint density at radius 1 is 1.23 bits per heavy atom. The molecule has 2 rings (SSSR count). The number of esters is 1. The van der Waals surface area contributed by atoms with Gasteiger partial charge in [-0.15, -0.1) is 11.3 Å². The van der Waals surface area contributed by atoms with E-state index in [1.807, 2.05) is 30.3 Å². The number of carboxylic acids is 1. The highest BCUT2D eigenvalue weighted by atomic mass is 32.1. The topological polar surface area (TPSA) is 95.9 Å². The van der Waals surface area contributed by atoms with Crippen molar-refractivity contribution >= 4 is 34.3 Å².